The molecule has 0 unspecified atom stereocenters. The molecule has 1 fully saturated rings. The van der Waals surface area contributed by atoms with E-state index in [0.29, 0.717) is 5.92 Å². The molecule has 2 N–H and O–H groups in total. The summed E-state index contributed by atoms with van der Waals surface area (Å²) in [6.07, 6.45) is 3.24. The van der Waals surface area contributed by atoms with Gasteiger partial charge in [0.15, 0.2) is 0 Å². The Balaban J connectivity index is 2.34. The van der Waals surface area contributed by atoms with E-state index in [1.54, 1.807) is 6.92 Å². The minimum absolute atomic E-state index is 0.0290. The summed E-state index contributed by atoms with van der Waals surface area (Å²) in [6.45, 7) is 4.14. The Kier molecular flexibility index (Phi) is 4.48. The maximum atomic E-state index is 11.4. The zero-order chi connectivity index (χ0) is 10.4. The van der Waals surface area contributed by atoms with Gasteiger partial charge in [0.05, 0.1) is 0 Å². The molecule has 0 spiro atoms. The Bertz CT molecular complexity index is 244. The van der Waals surface area contributed by atoms with E-state index in [-0.39, 0.29) is 5.91 Å². The number of carbonyl (C=O) groups excluding carboxylic acids is 1. The predicted molar refractivity (Wildman–Crippen MR) is 56.4 cm³/mol. The topological polar surface area (TPSA) is 46.3 Å². The van der Waals surface area contributed by atoms with E-state index >= 15 is 0 Å². The predicted octanol–water partition coefficient (Wildman–Crippen LogP) is 0.597. The Morgan fingerprint density at radius 2 is 2.14 bits per heavy atom. The summed E-state index contributed by atoms with van der Waals surface area (Å²) in [4.78, 5) is 13.2. The van der Waals surface area contributed by atoms with Gasteiger partial charge in [0.2, 0.25) is 0 Å². The van der Waals surface area contributed by atoms with E-state index in [9.17, 15) is 4.79 Å². The number of likely N-dealkylation sites (tertiary alicyclic amines) is 1. The van der Waals surface area contributed by atoms with Crippen molar-refractivity contribution in [3.05, 3.63) is 0 Å². The number of hydrogen-bond acceptors (Lipinski definition) is 2. The molecular formula is C11H18N2O. The second kappa shape index (κ2) is 5.66. The molecule has 0 radical (unpaired) electrons. The molecule has 0 aliphatic carbocycles. The van der Waals surface area contributed by atoms with Gasteiger partial charge in [-0.05, 0) is 44.6 Å². The molecule has 1 aliphatic rings. The molecule has 1 heterocycles. The van der Waals surface area contributed by atoms with E-state index in [1.165, 1.54) is 0 Å². The van der Waals surface area contributed by atoms with Crippen molar-refractivity contribution in [3.63, 3.8) is 0 Å². The van der Waals surface area contributed by atoms with E-state index < -0.39 is 0 Å². The van der Waals surface area contributed by atoms with Crippen molar-refractivity contribution in [1.29, 1.82) is 0 Å². The summed E-state index contributed by atoms with van der Waals surface area (Å²) < 4.78 is 0. The van der Waals surface area contributed by atoms with Crippen molar-refractivity contribution >= 4 is 5.91 Å². The number of nitrogens with two attached hydrogens (primary N) is 1. The van der Waals surface area contributed by atoms with Gasteiger partial charge >= 0.3 is 0 Å². The van der Waals surface area contributed by atoms with Crippen molar-refractivity contribution < 1.29 is 4.79 Å². The maximum absolute atomic E-state index is 11.4. The van der Waals surface area contributed by atoms with Crippen LogP contribution in [0, 0.1) is 17.8 Å². The van der Waals surface area contributed by atoms with Crippen LogP contribution in [0.15, 0.2) is 0 Å². The summed E-state index contributed by atoms with van der Waals surface area (Å²) in [5.41, 5.74) is 5.50. The van der Waals surface area contributed by atoms with Gasteiger partial charge in [-0.1, -0.05) is 5.92 Å². The van der Waals surface area contributed by atoms with Crippen LogP contribution in [-0.4, -0.2) is 30.4 Å². The molecule has 0 atom stereocenters. The SMILES string of the molecule is CC#CC(=O)N1CCC(CCN)CC1. The lowest BCUT2D eigenvalue weighted by Crippen LogP contribution is -2.38. The lowest BCUT2D eigenvalue weighted by Gasteiger charge is -2.30. The third kappa shape index (κ3) is 3.04. The van der Waals surface area contributed by atoms with Crippen LogP contribution in [0.1, 0.15) is 26.2 Å². The number of piperidine rings is 1. The second-order valence-electron chi connectivity index (χ2n) is 3.69. The van der Waals surface area contributed by atoms with Gasteiger partial charge in [-0.15, -0.1) is 0 Å². The van der Waals surface area contributed by atoms with Crippen LogP contribution in [0.2, 0.25) is 0 Å². The van der Waals surface area contributed by atoms with Crippen LogP contribution < -0.4 is 5.73 Å². The van der Waals surface area contributed by atoms with Crippen molar-refractivity contribution in [2.24, 2.45) is 11.7 Å². The largest absolute Gasteiger partial charge is 0.332 e. The van der Waals surface area contributed by atoms with Crippen LogP contribution in [0.3, 0.4) is 0 Å². The number of carbonyl (C=O) groups is 1. The summed E-state index contributed by atoms with van der Waals surface area (Å²) in [5, 5.41) is 0. The molecule has 3 heteroatoms. The van der Waals surface area contributed by atoms with Gasteiger partial charge in [0.1, 0.15) is 0 Å². The molecule has 14 heavy (non-hydrogen) atoms. The molecule has 78 valence electrons. The highest BCUT2D eigenvalue weighted by atomic mass is 16.2. The first-order valence-electron chi connectivity index (χ1n) is 5.19. The van der Waals surface area contributed by atoms with E-state index in [2.05, 4.69) is 11.8 Å². The molecular weight excluding hydrogens is 176 g/mol. The molecule has 1 saturated heterocycles. The van der Waals surface area contributed by atoms with Gasteiger partial charge < -0.3 is 10.6 Å². The van der Waals surface area contributed by atoms with E-state index in [1.807, 2.05) is 4.90 Å². The van der Waals surface area contributed by atoms with Gasteiger partial charge in [0, 0.05) is 13.1 Å². The van der Waals surface area contributed by atoms with Crippen LogP contribution in [-0.2, 0) is 4.79 Å². The Morgan fingerprint density at radius 3 is 2.64 bits per heavy atom. The van der Waals surface area contributed by atoms with Gasteiger partial charge in [0.25, 0.3) is 5.91 Å². The third-order valence-electron chi connectivity index (χ3n) is 2.71. The van der Waals surface area contributed by atoms with Crippen molar-refractivity contribution in [1.82, 2.24) is 4.90 Å². The first-order valence-corrected chi connectivity index (χ1v) is 5.19. The number of hydrogen-bond donors (Lipinski definition) is 1. The zero-order valence-electron chi connectivity index (χ0n) is 8.75. The first kappa shape index (κ1) is 11.1. The maximum Gasteiger partial charge on any atom is 0.298 e. The Hall–Kier alpha value is -1.01. The third-order valence-corrected chi connectivity index (χ3v) is 2.71. The van der Waals surface area contributed by atoms with Crippen molar-refractivity contribution in [2.45, 2.75) is 26.2 Å². The smallest absolute Gasteiger partial charge is 0.298 e. The van der Waals surface area contributed by atoms with Gasteiger partial charge in [-0.2, -0.15) is 0 Å². The molecule has 0 saturated carbocycles. The van der Waals surface area contributed by atoms with E-state index in [0.717, 1.165) is 38.9 Å². The molecule has 0 aromatic rings. The molecule has 0 bridgehead atoms. The molecule has 1 amide bonds. The fourth-order valence-corrected chi connectivity index (χ4v) is 1.85. The molecule has 1 rings (SSSR count). The number of nitrogens with zero attached hydrogens (tertiary/aromatic N) is 1. The van der Waals surface area contributed by atoms with Gasteiger partial charge in [-0.25, -0.2) is 0 Å². The number of amides is 1. The average molecular weight is 194 g/mol. The minimum Gasteiger partial charge on any atom is -0.332 e. The monoisotopic (exact) mass is 194 g/mol. The highest BCUT2D eigenvalue weighted by Crippen LogP contribution is 2.19. The lowest BCUT2D eigenvalue weighted by atomic mass is 9.94. The molecule has 1 aliphatic heterocycles. The van der Waals surface area contributed by atoms with Crippen LogP contribution in [0.25, 0.3) is 0 Å². The van der Waals surface area contributed by atoms with Crippen molar-refractivity contribution in [2.75, 3.05) is 19.6 Å². The lowest BCUT2D eigenvalue weighted by molar-refractivity contribution is -0.126. The van der Waals surface area contributed by atoms with E-state index in [4.69, 9.17) is 5.73 Å². The highest BCUT2D eigenvalue weighted by Gasteiger charge is 2.20. The summed E-state index contributed by atoms with van der Waals surface area (Å²) in [6, 6.07) is 0. The molecule has 3 nitrogen and oxygen atoms in total. The normalized spacial score (nSPS) is 17.4. The van der Waals surface area contributed by atoms with Crippen LogP contribution in [0.4, 0.5) is 0 Å². The summed E-state index contributed by atoms with van der Waals surface area (Å²) in [7, 11) is 0. The zero-order valence-corrected chi connectivity index (χ0v) is 8.75. The summed E-state index contributed by atoms with van der Waals surface area (Å²) in [5.74, 6) is 5.89. The van der Waals surface area contributed by atoms with Crippen molar-refractivity contribution in [3.8, 4) is 11.8 Å². The number of rotatable bonds is 2. The van der Waals surface area contributed by atoms with Crippen LogP contribution >= 0.6 is 0 Å². The fourth-order valence-electron chi connectivity index (χ4n) is 1.85. The Labute approximate surface area is 85.6 Å². The Morgan fingerprint density at radius 1 is 1.50 bits per heavy atom. The van der Waals surface area contributed by atoms with Gasteiger partial charge in [-0.3, -0.25) is 4.79 Å². The second-order valence-corrected chi connectivity index (χ2v) is 3.69. The quantitative estimate of drug-likeness (QED) is 0.654. The molecule has 0 aromatic carbocycles. The fraction of sp³-hybridized carbons (Fsp3) is 0.727. The minimum atomic E-state index is -0.0290. The summed E-state index contributed by atoms with van der Waals surface area (Å²) >= 11 is 0. The van der Waals surface area contributed by atoms with Crippen LogP contribution in [0.5, 0.6) is 0 Å². The first-order chi connectivity index (χ1) is 6.77. The average Bonchev–Trinajstić information content (AvgIpc) is 2.20. The molecule has 0 aromatic heterocycles. The standard InChI is InChI=1S/C11H18N2O/c1-2-3-11(14)13-8-5-10(4-7-12)6-9-13/h10H,4-9,12H2,1H3. The highest BCUT2D eigenvalue weighted by molar-refractivity contribution is 5.93.